The maximum absolute atomic E-state index is 6.00. The van der Waals surface area contributed by atoms with Crippen LogP contribution in [0.1, 0.15) is 33.6 Å². The number of nitrogens with two attached hydrogens (primary N) is 1. The Morgan fingerprint density at radius 1 is 1.08 bits per heavy atom. The molecule has 0 radical (unpaired) electrons. The Morgan fingerprint density at radius 3 is 1.92 bits per heavy atom. The summed E-state index contributed by atoms with van der Waals surface area (Å²) in [4.78, 5) is 0. The number of rotatable bonds is 7. The molecular formula is C8H21NO2Si. The molecule has 0 atom stereocenters. The molecule has 0 bridgehead atoms. The molecule has 0 fully saturated rings. The first-order valence-electron chi connectivity index (χ1n) is 4.75. The summed E-state index contributed by atoms with van der Waals surface area (Å²) >= 11 is 0. The first-order chi connectivity index (χ1) is 5.68. The van der Waals surface area contributed by atoms with Crippen molar-refractivity contribution in [3.05, 3.63) is 0 Å². The molecule has 0 spiro atoms. The van der Waals surface area contributed by atoms with E-state index < -0.39 is 8.72 Å². The number of hydrogen-bond donors (Lipinski definition) is 1. The molecule has 0 amide bonds. The quantitative estimate of drug-likeness (QED) is 0.624. The van der Waals surface area contributed by atoms with Crippen molar-refractivity contribution in [1.82, 2.24) is 0 Å². The second-order valence-electron chi connectivity index (χ2n) is 2.78. The second kappa shape index (κ2) is 6.60. The van der Waals surface area contributed by atoms with Crippen LogP contribution in [0.25, 0.3) is 0 Å². The Balaban J connectivity index is 3.80. The molecule has 0 aromatic carbocycles. The molecule has 0 aromatic rings. The normalized spacial score (nSPS) is 12.0. The summed E-state index contributed by atoms with van der Waals surface area (Å²) in [7, 11) is -2.27. The summed E-state index contributed by atoms with van der Waals surface area (Å²) in [5.74, 6) is 0. The smallest absolute Gasteiger partial charge is 0.383 e. The van der Waals surface area contributed by atoms with E-state index in [-0.39, 0.29) is 0 Å². The lowest BCUT2D eigenvalue weighted by atomic mass is 10.4. The fraction of sp³-hybridized carbons (Fsp3) is 1.00. The molecule has 0 rings (SSSR count). The molecule has 4 heteroatoms. The van der Waals surface area contributed by atoms with Crippen molar-refractivity contribution in [3.63, 3.8) is 0 Å². The number of unbranched alkanes of at least 4 members (excludes halogenated alkanes) is 1. The van der Waals surface area contributed by atoms with Gasteiger partial charge in [0, 0.05) is 19.3 Å². The van der Waals surface area contributed by atoms with Gasteiger partial charge in [-0.3, -0.25) is 0 Å². The van der Waals surface area contributed by atoms with Crippen LogP contribution < -0.4 is 5.40 Å². The van der Waals surface area contributed by atoms with E-state index in [1.807, 2.05) is 13.8 Å². The summed E-state index contributed by atoms with van der Waals surface area (Å²) in [5, 5.41) is 6.00. The maximum Gasteiger partial charge on any atom is 0.422 e. The van der Waals surface area contributed by atoms with Gasteiger partial charge in [0.05, 0.1) is 0 Å². The van der Waals surface area contributed by atoms with E-state index in [1.54, 1.807) is 0 Å². The van der Waals surface area contributed by atoms with Gasteiger partial charge in [0.2, 0.25) is 0 Å². The lowest BCUT2D eigenvalue weighted by Crippen LogP contribution is -2.52. The molecule has 0 aliphatic carbocycles. The van der Waals surface area contributed by atoms with E-state index in [0.717, 1.165) is 18.9 Å². The maximum atomic E-state index is 6.00. The summed E-state index contributed by atoms with van der Waals surface area (Å²) in [6.45, 7) is 7.38. The van der Waals surface area contributed by atoms with Crippen LogP contribution >= 0.6 is 0 Å². The lowest BCUT2D eigenvalue weighted by molar-refractivity contribution is 0.183. The van der Waals surface area contributed by atoms with Gasteiger partial charge in [0.25, 0.3) is 0 Å². The van der Waals surface area contributed by atoms with Crippen LogP contribution in [-0.2, 0) is 8.85 Å². The summed E-state index contributed by atoms with van der Waals surface area (Å²) in [5.41, 5.74) is 0. The molecule has 2 N–H and O–H groups in total. The predicted octanol–water partition coefficient (Wildman–Crippen LogP) is 1.76. The average molecular weight is 191 g/mol. The third-order valence-corrected chi connectivity index (χ3v) is 4.26. The van der Waals surface area contributed by atoms with Crippen LogP contribution in [-0.4, -0.2) is 21.9 Å². The average Bonchev–Trinajstić information content (AvgIpc) is 2.02. The van der Waals surface area contributed by atoms with Crippen LogP contribution in [0.4, 0.5) is 0 Å². The molecule has 0 saturated carbocycles. The van der Waals surface area contributed by atoms with E-state index in [4.69, 9.17) is 14.3 Å². The van der Waals surface area contributed by atoms with Gasteiger partial charge in [0.1, 0.15) is 0 Å². The standard InChI is InChI=1S/C8H21NO2Si/c1-4-7-8-12(9,10-5-2)11-6-3/h4-9H2,1-3H3. The first-order valence-corrected chi connectivity index (χ1v) is 6.85. The minimum atomic E-state index is -2.27. The Labute approximate surface area is 76.6 Å². The van der Waals surface area contributed by atoms with Crippen molar-refractivity contribution in [1.29, 1.82) is 0 Å². The van der Waals surface area contributed by atoms with Crippen LogP contribution in [0.5, 0.6) is 0 Å². The van der Waals surface area contributed by atoms with Gasteiger partial charge >= 0.3 is 8.72 Å². The fourth-order valence-electron chi connectivity index (χ4n) is 1.10. The SMILES string of the molecule is CCCC[Si](N)(OCC)OCC. The topological polar surface area (TPSA) is 44.5 Å². The molecule has 0 aromatic heterocycles. The monoisotopic (exact) mass is 191 g/mol. The van der Waals surface area contributed by atoms with Gasteiger partial charge in [-0.05, 0) is 13.8 Å². The third kappa shape index (κ3) is 4.87. The van der Waals surface area contributed by atoms with E-state index >= 15 is 0 Å². The lowest BCUT2D eigenvalue weighted by Gasteiger charge is -2.24. The van der Waals surface area contributed by atoms with Crippen molar-refractivity contribution in [3.8, 4) is 0 Å². The summed E-state index contributed by atoms with van der Waals surface area (Å²) in [6, 6.07) is 0.908. The largest absolute Gasteiger partial charge is 0.422 e. The molecule has 3 nitrogen and oxygen atoms in total. The van der Waals surface area contributed by atoms with Gasteiger partial charge in [-0.25, -0.2) is 0 Å². The molecule has 0 saturated heterocycles. The highest BCUT2D eigenvalue weighted by Crippen LogP contribution is 2.11. The first kappa shape index (κ1) is 12.1. The molecule has 74 valence electrons. The highest BCUT2D eigenvalue weighted by molar-refractivity contribution is 6.63. The zero-order valence-corrected chi connectivity index (χ0v) is 9.43. The minimum absolute atomic E-state index is 0.659. The van der Waals surface area contributed by atoms with Crippen molar-refractivity contribution in [2.45, 2.75) is 39.7 Å². The van der Waals surface area contributed by atoms with Gasteiger partial charge in [-0.15, -0.1) is 0 Å². The molecule has 0 aliphatic rings. The second-order valence-corrected chi connectivity index (χ2v) is 5.48. The van der Waals surface area contributed by atoms with Crippen LogP contribution in [0, 0.1) is 0 Å². The predicted molar refractivity (Wildman–Crippen MR) is 52.9 cm³/mol. The molecular weight excluding hydrogens is 170 g/mol. The highest BCUT2D eigenvalue weighted by Gasteiger charge is 2.31. The van der Waals surface area contributed by atoms with Gasteiger partial charge in [-0.2, -0.15) is 0 Å². The third-order valence-electron chi connectivity index (χ3n) is 1.66. The van der Waals surface area contributed by atoms with Crippen molar-refractivity contribution >= 4 is 8.72 Å². The van der Waals surface area contributed by atoms with E-state index in [0.29, 0.717) is 13.2 Å². The van der Waals surface area contributed by atoms with Crippen molar-refractivity contribution < 1.29 is 8.85 Å². The van der Waals surface area contributed by atoms with Gasteiger partial charge < -0.3 is 14.3 Å². The van der Waals surface area contributed by atoms with E-state index in [9.17, 15) is 0 Å². The fourth-order valence-corrected chi connectivity index (χ4v) is 3.29. The Morgan fingerprint density at radius 2 is 1.58 bits per heavy atom. The molecule has 0 unspecified atom stereocenters. The van der Waals surface area contributed by atoms with Crippen LogP contribution in [0.3, 0.4) is 0 Å². The van der Waals surface area contributed by atoms with Gasteiger partial charge in [0.15, 0.2) is 0 Å². The van der Waals surface area contributed by atoms with Crippen LogP contribution in [0.15, 0.2) is 0 Å². The zero-order chi connectivity index (χ0) is 9.45. The van der Waals surface area contributed by atoms with E-state index in [1.165, 1.54) is 0 Å². The van der Waals surface area contributed by atoms with E-state index in [2.05, 4.69) is 6.92 Å². The highest BCUT2D eigenvalue weighted by atomic mass is 28.4. The summed E-state index contributed by atoms with van der Waals surface area (Å²) < 4.78 is 10.9. The van der Waals surface area contributed by atoms with Gasteiger partial charge in [-0.1, -0.05) is 19.8 Å². The Kier molecular flexibility index (Phi) is 6.65. The number of hydrogen-bond acceptors (Lipinski definition) is 3. The molecule has 12 heavy (non-hydrogen) atoms. The zero-order valence-electron chi connectivity index (χ0n) is 8.43. The van der Waals surface area contributed by atoms with Crippen molar-refractivity contribution in [2.75, 3.05) is 13.2 Å². The molecule has 0 heterocycles. The summed E-state index contributed by atoms with van der Waals surface area (Å²) in [6.07, 6.45) is 2.24. The Hall–Kier alpha value is 0.0969. The van der Waals surface area contributed by atoms with Crippen molar-refractivity contribution in [2.24, 2.45) is 5.40 Å². The van der Waals surface area contributed by atoms with Crippen LogP contribution in [0.2, 0.25) is 6.04 Å². The Bertz CT molecular complexity index is 105. The molecule has 0 aliphatic heterocycles. The minimum Gasteiger partial charge on any atom is -0.383 e.